The average molecular weight is 188 g/mol. The van der Waals surface area contributed by atoms with E-state index in [0.29, 0.717) is 24.4 Å². The van der Waals surface area contributed by atoms with E-state index in [1.54, 1.807) is 18.5 Å². The van der Waals surface area contributed by atoms with Crippen LogP contribution in [0.1, 0.15) is 6.42 Å². The largest absolute Gasteiger partial charge is 0.494 e. The maximum Gasteiger partial charge on any atom is 0.111 e. The first-order valence-corrected chi connectivity index (χ1v) is 4.33. The molecular weight excluding hydrogens is 176 g/mol. The normalized spacial score (nSPS) is 19.4. The van der Waals surface area contributed by atoms with Gasteiger partial charge in [-0.15, -0.1) is 0 Å². The fraction of sp³-hybridized carbons (Fsp3) is 0.273. The Labute approximate surface area is 83.7 Å². The summed E-state index contributed by atoms with van der Waals surface area (Å²) in [5.74, 6) is 0.706. The van der Waals surface area contributed by atoms with Crippen molar-refractivity contribution >= 4 is 6.21 Å². The monoisotopic (exact) mass is 188 g/mol. The number of allylic oxidation sites excluding steroid dienone is 2. The topological polar surface area (TPSA) is 45.4 Å². The lowest BCUT2D eigenvalue weighted by molar-refractivity contribution is 0.202. The molecule has 1 unspecified atom stereocenters. The van der Waals surface area contributed by atoms with Crippen LogP contribution in [0.4, 0.5) is 0 Å². The molecule has 1 heterocycles. The number of nitriles is 1. The summed E-state index contributed by atoms with van der Waals surface area (Å²) in [7, 11) is 0. The highest BCUT2D eigenvalue weighted by Gasteiger charge is 2.12. The highest BCUT2D eigenvalue weighted by molar-refractivity contribution is 5.64. The first-order valence-electron chi connectivity index (χ1n) is 4.33. The predicted molar refractivity (Wildman–Crippen MR) is 55.6 cm³/mol. The van der Waals surface area contributed by atoms with Crippen molar-refractivity contribution < 1.29 is 4.74 Å². The Bertz CT molecular complexity index is 334. The van der Waals surface area contributed by atoms with Crippen molar-refractivity contribution in [2.45, 2.75) is 6.42 Å². The molecule has 1 rings (SSSR count). The molecule has 1 aliphatic heterocycles. The highest BCUT2D eigenvalue weighted by atomic mass is 16.5. The van der Waals surface area contributed by atoms with Crippen molar-refractivity contribution in [3.05, 3.63) is 36.8 Å². The van der Waals surface area contributed by atoms with Gasteiger partial charge in [0.2, 0.25) is 0 Å². The molecule has 0 N–H and O–H groups in total. The summed E-state index contributed by atoms with van der Waals surface area (Å²) in [5.41, 5.74) is 0.685. The molecule has 0 aromatic rings. The molecule has 3 heteroatoms. The van der Waals surface area contributed by atoms with Gasteiger partial charge in [-0.1, -0.05) is 13.2 Å². The quantitative estimate of drug-likeness (QED) is 0.501. The van der Waals surface area contributed by atoms with Crippen LogP contribution in [0.5, 0.6) is 0 Å². The molecule has 0 spiro atoms. The number of hydrogen-bond acceptors (Lipinski definition) is 3. The molecular formula is C11H12N2O. The minimum absolute atomic E-state index is 0.159. The van der Waals surface area contributed by atoms with E-state index in [1.165, 1.54) is 0 Å². The summed E-state index contributed by atoms with van der Waals surface area (Å²) in [5, 5.41) is 8.67. The van der Waals surface area contributed by atoms with Crippen LogP contribution in [0.2, 0.25) is 0 Å². The first kappa shape index (κ1) is 10.3. The summed E-state index contributed by atoms with van der Waals surface area (Å²) in [4.78, 5) is 3.97. The highest BCUT2D eigenvalue weighted by Crippen LogP contribution is 2.15. The van der Waals surface area contributed by atoms with Crippen molar-refractivity contribution in [3.63, 3.8) is 0 Å². The van der Waals surface area contributed by atoms with Crippen LogP contribution in [0, 0.1) is 17.2 Å². The maximum atomic E-state index is 8.67. The lowest BCUT2D eigenvalue weighted by Gasteiger charge is -2.14. The van der Waals surface area contributed by atoms with Crippen LogP contribution >= 0.6 is 0 Å². The van der Waals surface area contributed by atoms with Gasteiger partial charge < -0.3 is 4.74 Å². The number of ether oxygens (including phenoxy) is 1. The third-order valence-corrected chi connectivity index (χ3v) is 1.86. The van der Waals surface area contributed by atoms with Crippen LogP contribution in [0.3, 0.4) is 0 Å². The van der Waals surface area contributed by atoms with Crippen LogP contribution in [0.25, 0.3) is 0 Å². The summed E-state index contributed by atoms with van der Waals surface area (Å²) >= 11 is 0. The number of nitrogens with zero attached hydrogens (tertiary/aromatic N) is 2. The average Bonchev–Trinajstić information content (AvgIpc) is 2.26. The van der Waals surface area contributed by atoms with E-state index in [2.05, 4.69) is 24.2 Å². The van der Waals surface area contributed by atoms with Gasteiger partial charge in [-0.2, -0.15) is 5.26 Å². The van der Waals surface area contributed by atoms with Gasteiger partial charge in [0.15, 0.2) is 0 Å². The molecule has 1 aliphatic rings. The van der Waals surface area contributed by atoms with Gasteiger partial charge in [0.25, 0.3) is 0 Å². The molecule has 3 nitrogen and oxygen atoms in total. The van der Waals surface area contributed by atoms with Gasteiger partial charge in [-0.3, -0.25) is 4.99 Å². The Morgan fingerprint density at radius 1 is 1.86 bits per heavy atom. The minimum Gasteiger partial charge on any atom is -0.494 e. The van der Waals surface area contributed by atoms with E-state index < -0.39 is 0 Å². The zero-order valence-electron chi connectivity index (χ0n) is 7.94. The molecule has 0 saturated carbocycles. The molecule has 72 valence electrons. The van der Waals surface area contributed by atoms with Crippen molar-refractivity contribution in [1.82, 2.24) is 0 Å². The van der Waals surface area contributed by atoms with Crippen LogP contribution < -0.4 is 0 Å². The number of rotatable bonds is 4. The fourth-order valence-corrected chi connectivity index (χ4v) is 1.09. The summed E-state index contributed by atoms with van der Waals surface area (Å²) in [6.45, 7) is 7.66. The van der Waals surface area contributed by atoms with E-state index >= 15 is 0 Å². The Morgan fingerprint density at radius 3 is 3.29 bits per heavy atom. The fourth-order valence-electron chi connectivity index (χ4n) is 1.09. The molecule has 0 fully saturated rings. The van der Waals surface area contributed by atoms with Crippen LogP contribution in [-0.4, -0.2) is 12.8 Å². The van der Waals surface area contributed by atoms with Gasteiger partial charge >= 0.3 is 0 Å². The van der Waals surface area contributed by atoms with Crippen molar-refractivity contribution in [2.75, 3.05) is 6.61 Å². The third kappa shape index (κ3) is 2.91. The van der Waals surface area contributed by atoms with E-state index in [1.807, 2.05) is 0 Å². The lowest BCUT2D eigenvalue weighted by atomic mass is 10.0. The van der Waals surface area contributed by atoms with Crippen molar-refractivity contribution in [2.24, 2.45) is 10.9 Å². The minimum atomic E-state index is 0.159. The van der Waals surface area contributed by atoms with E-state index in [4.69, 9.17) is 10.00 Å². The lowest BCUT2D eigenvalue weighted by Crippen LogP contribution is -2.13. The van der Waals surface area contributed by atoms with Gasteiger partial charge in [0.05, 0.1) is 12.7 Å². The molecule has 0 aromatic heterocycles. The summed E-state index contributed by atoms with van der Waals surface area (Å²) in [6, 6.07) is 2.08. The molecule has 0 aromatic carbocycles. The van der Waals surface area contributed by atoms with Crippen molar-refractivity contribution in [3.8, 4) is 6.07 Å². The molecule has 0 bridgehead atoms. The maximum absolute atomic E-state index is 8.67. The number of hydrogen-bond donors (Lipinski definition) is 0. The Balaban J connectivity index is 2.39. The predicted octanol–water partition coefficient (Wildman–Crippen LogP) is 2.20. The van der Waals surface area contributed by atoms with E-state index in [-0.39, 0.29) is 5.92 Å². The first-order chi connectivity index (χ1) is 6.76. The summed E-state index contributed by atoms with van der Waals surface area (Å²) in [6.07, 6.45) is 5.61. The van der Waals surface area contributed by atoms with Crippen molar-refractivity contribution in [1.29, 1.82) is 5.26 Å². The zero-order chi connectivity index (χ0) is 10.4. The Kier molecular flexibility index (Phi) is 3.69. The molecule has 0 saturated heterocycles. The van der Waals surface area contributed by atoms with Crippen LogP contribution in [-0.2, 0) is 4.74 Å². The molecule has 0 radical (unpaired) electrons. The molecule has 0 aliphatic carbocycles. The van der Waals surface area contributed by atoms with Gasteiger partial charge in [-0.25, -0.2) is 0 Å². The van der Waals surface area contributed by atoms with E-state index in [9.17, 15) is 0 Å². The second kappa shape index (κ2) is 5.03. The van der Waals surface area contributed by atoms with Gasteiger partial charge in [0, 0.05) is 23.9 Å². The second-order valence-electron chi connectivity index (χ2n) is 3.01. The second-order valence-corrected chi connectivity index (χ2v) is 3.01. The number of aliphatic imine (C=N–C) groups is 1. The van der Waals surface area contributed by atoms with Crippen LogP contribution in [0.15, 0.2) is 41.8 Å². The standard InChI is InChI=1S/C11H12N2O/c1-3-9(2)14-8-11-4-10(5-12)6-13-7-11/h3,6-7,11H,1-2,4,8H2. The summed E-state index contributed by atoms with van der Waals surface area (Å²) < 4.78 is 5.28. The Morgan fingerprint density at radius 2 is 2.64 bits per heavy atom. The van der Waals surface area contributed by atoms with Gasteiger partial charge in [-0.05, 0) is 12.5 Å². The smallest absolute Gasteiger partial charge is 0.111 e. The third-order valence-electron chi connectivity index (χ3n) is 1.86. The Hall–Kier alpha value is -1.82. The zero-order valence-corrected chi connectivity index (χ0v) is 7.94. The SMILES string of the molecule is C=CC(=C)OCC1C=NC=C(C#N)C1. The molecule has 0 amide bonds. The van der Waals surface area contributed by atoms with E-state index in [0.717, 1.165) is 0 Å². The molecule has 14 heavy (non-hydrogen) atoms. The van der Waals surface area contributed by atoms with Gasteiger partial charge in [0.1, 0.15) is 5.76 Å². The molecule has 1 atom stereocenters.